The van der Waals surface area contributed by atoms with Crippen molar-refractivity contribution in [2.45, 2.75) is 50.3 Å². The summed E-state index contributed by atoms with van der Waals surface area (Å²) in [7, 11) is -1.27. The second-order valence-electron chi connectivity index (χ2n) is 11.0. The highest BCUT2D eigenvalue weighted by molar-refractivity contribution is 7.90. The maximum Gasteiger partial charge on any atom is 0.337 e. The first-order valence-electron chi connectivity index (χ1n) is 14.4. The van der Waals surface area contributed by atoms with E-state index in [0.717, 1.165) is 5.56 Å². The molecule has 1 aliphatic rings. The summed E-state index contributed by atoms with van der Waals surface area (Å²) in [5, 5.41) is 3.13. The van der Waals surface area contributed by atoms with Gasteiger partial charge in [0.2, 0.25) is 11.8 Å². The number of fused-ring (bicyclic) bond motifs is 1. The molecule has 10 nitrogen and oxygen atoms in total. The quantitative estimate of drug-likeness (QED) is 0.294. The summed E-state index contributed by atoms with van der Waals surface area (Å²) >= 11 is 0. The number of esters is 1. The van der Waals surface area contributed by atoms with Gasteiger partial charge in [-0.25, -0.2) is 21.6 Å². The number of aromatic nitrogens is 1. The third-order valence-electron chi connectivity index (χ3n) is 8.02. The topological polar surface area (TPSA) is 124 Å². The normalized spacial score (nSPS) is 17.8. The van der Waals surface area contributed by atoms with Crippen molar-refractivity contribution in [1.29, 1.82) is 0 Å². The number of nitrogens with one attached hydrogen (secondary N) is 1. The molecule has 0 saturated carbocycles. The second-order valence-corrected chi connectivity index (χ2v) is 12.8. The van der Waals surface area contributed by atoms with Crippen molar-refractivity contribution in [3.8, 4) is 5.75 Å². The molecule has 2 atom stereocenters. The van der Waals surface area contributed by atoms with Crippen LogP contribution in [-0.2, 0) is 30.9 Å². The Morgan fingerprint density at radius 1 is 1.02 bits per heavy atom. The molecule has 0 aliphatic carbocycles. The number of aryl methyl sites for hydroxylation is 2. The molecule has 2 amide bonds. The zero-order valence-corrected chi connectivity index (χ0v) is 26.2. The zero-order chi connectivity index (χ0) is 32.5. The Hall–Kier alpha value is -4.71. The fourth-order valence-electron chi connectivity index (χ4n) is 5.62. The van der Waals surface area contributed by atoms with Crippen molar-refractivity contribution < 1.29 is 36.7 Å². The minimum atomic E-state index is -3.99. The summed E-state index contributed by atoms with van der Waals surface area (Å²) in [6.45, 7) is 3.23. The maximum absolute atomic E-state index is 14.5. The number of hydrogen-bond donors (Lipinski definition) is 1. The third kappa shape index (κ3) is 6.15. The molecule has 0 spiro atoms. The Bertz CT molecular complexity index is 1870. The molecule has 12 heteroatoms. The lowest BCUT2D eigenvalue weighted by Crippen LogP contribution is -2.43. The Kier molecular flexibility index (Phi) is 8.96. The maximum atomic E-state index is 14.5. The van der Waals surface area contributed by atoms with Crippen molar-refractivity contribution in [2.75, 3.05) is 20.8 Å². The van der Waals surface area contributed by atoms with Crippen molar-refractivity contribution in [1.82, 2.24) is 14.2 Å². The number of ether oxygens (including phenoxy) is 2. The molecule has 4 aromatic rings. The lowest BCUT2D eigenvalue weighted by atomic mass is 9.99. The molecule has 1 fully saturated rings. The summed E-state index contributed by atoms with van der Waals surface area (Å²) in [5.74, 6) is -1.24. The molecule has 1 unspecified atom stereocenters. The van der Waals surface area contributed by atoms with Crippen LogP contribution in [0, 0.1) is 13.8 Å². The predicted molar refractivity (Wildman–Crippen MR) is 165 cm³/mol. The van der Waals surface area contributed by atoms with Gasteiger partial charge in [-0.3, -0.25) is 9.59 Å². The van der Waals surface area contributed by atoms with E-state index in [1.807, 2.05) is 6.92 Å². The van der Waals surface area contributed by atoms with E-state index in [1.54, 1.807) is 55.5 Å². The Morgan fingerprint density at radius 3 is 2.36 bits per heavy atom. The number of methoxy groups -OCH3 is 2. The summed E-state index contributed by atoms with van der Waals surface area (Å²) in [5.41, 5.74) is 3.06. The van der Waals surface area contributed by atoms with E-state index in [9.17, 15) is 27.2 Å². The number of alkyl halides is 1. The van der Waals surface area contributed by atoms with Crippen LogP contribution in [0.2, 0.25) is 0 Å². The lowest BCUT2D eigenvalue weighted by molar-refractivity contribution is -0.141. The molecule has 1 aliphatic heterocycles. The minimum Gasteiger partial charge on any atom is -0.496 e. The van der Waals surface area contributed by atoms with E-state index >= 15 is 0 Å². The number of benzene rings is 3. The molecule has 0 bridgehead atoms. The average molecular weight is 636 g/mol. The fraction of sp³-hybridized carbons (Fsp3) is 0.303. The van der Waals surface area contributed by atoms with Crippen LogP contribution in [0.4, 0.5) is 4.39 Å². The molecule has 45 heavy (non-hydrogen) atoms. The number of nitrogens with zero attached hydrogens (tertiary/aromatic N) is 2. The third-order valence-corrected chi connectivity index (χ3v) is 9.71. The largest absolute Gasteiger partial charge is 0.496 e. The summed E-state index contributed by atoms with van der Waals surface area (Å²) in [4.78, 5) is 40.9. The fourth-order valence-corrected chi connectivity index (χ4v) is 7.03. The van der Waals surface area contributed by atoms with Crippen LogP contribution in [0.1, 0.15) is 51.5 Å². The van der Waals surface area contributed by atoms with Gasteiger partial charge in [-0.1, -0.05) is 29.8 Å². The number of rotatable bonds is 7. The molecule has 1 N–H and O–H groups in total. The first kappa shape index (κ1) is 31.7. The summed E-state index contributed by atoms with van der Waals surface area (Å²) < 4.78 is 53.8. The number of amides is 2. The highest BCUT2D eigenvalue weighted by Gasteiger charge is 2.35. The smallest absolute Gasteiger partial charge is 0.337 e. The van der Waals surface area contributed by atoms with E-state index in [-0.39, 0.29) is 36.4 Å². The van der Waals surface area contributed by atoms with E-state index in [4.69, 9.17) is 9.47 Å². The number of halogens is 1. The van der Waals surface area contributed by atoms with Crippen LogP contribution < -0.4 is 10.1 Å². The molecular formula is C33H34FN3O7S. The van der Waals surface area contributed by atoms with Crippen LogP contribution >= 0.6 is 0 Å². The Balaban J connectivity index is 1.65. The summed E-state index contributed by atoms with van der Waals surface area (Å²) in [6.07, 6.45) is -0.205. The van der Waals surface area contributed by atoms with Gasteiger partial charge in [-0.05, 0) is 67.8 Å². The van der Waals surface area contributed by atoms with Crippen molar-refractivity contribution in [2.24, 2.45) is 0 Å². The minimum absolute atomic E-state index is 0.0881. The second kappa shape index (κ2) is 12.7. The monoisotopic (exact) mass is 635 g/mol. The van der Waals surface area contributed by atoms with Gasteiger partial charge in [0.25, 0.3) is 10.0 Å². The van der Waals surface area contributed by atoms with Crippen molar-refractivity contribution >= 4 is 38.7 Å². The Morgan fingerprint density at radius 2 is 1.71 bits per heavy atom. The van der Waals surface area contributed by atoms with E-state index in [1.165, 1.54) is 41.4 Å². The molecule has 1 aromatic heterocycles. The molecule has 3 aromatic carbocycles. The zero-order valence-electron chi connectivity index (χ0n) is 25.4. The van der Waals surface area contributed by atoms with Crippen LogP contribution in [0.25, 0.3) is 10.9 Å². The first-order valence-corrected chi connectivity index (χ1v) is 15.8. The predicted octanol–water partition coefficient (Wildman–Crippen LogP) is 4.61. The molecule has 2 heterocycles. The standard InChI is InChI=1S/C33H34FN3O7S/c1-20-5-12-25(13-6-20)45(41,42)37-16-15-26-27(28(43-3)17-21(2)30(26)37)19-36-29(38)14-11-24(34)18-35-32(39)31(36)22-7-9-23(10-8-22)33(40)44-4/h5-10,12-13,15-17,24,31H,11,14,18-19H2,1-4H3,(H,35,39)/t24-,31?/m0/s1. The highest BCUT2D eigenvalue weighted by atomic mass is 32.2. The van der Waals surface area contributed by atoms with Crippen molar-refractivity contribution in [3.63, 3.8) is 0 Å². The van der Waals surface area contributed by atoms with Crippen molar-refractivity contribution in [3.05, 3.63) is 94.7 Å². The van der Waals surface area contributed by atoms with Gasteiger partial charge in [-0.15, -0.1) is 0 Å². The molecule has 1 saturated heterocycles. The molecular weight excluding hydrogens is 601 g/mol. The van der Waals surface area contributed by atoms with Gasteiger partial charge in [0.05, 0.1) is 36.7 Å². The van der Waals surface area contributed by atoms with Gasteiger partial charge >= 0.3 is 5.97 Å². The van der Waals surface area contributed by atoms with E-state index < -0.39 is 40.0 Å². The number of carbonyl (C=O) groups excluding carboxylic acids is 3. The van der Waals surface area contributed by atoms with Gasteiger partial charge in [0.15, 0.2) is 0 Å². The Labute approximate surface area is 260 Å². The first-order chi connectivity index (χ1) is 21.5. The highest BCUT2D eigenvalue weighted by Crippen LogP contribution is 2.37. The lowest BCUT2D eigenvalue weighted by Gasteiger charge is -2.32. The molecule has 5 rings (SSSR count). The van der Waals surface area contributed by atoms with Gasteiger partial charge in [0, 0.05) is 30.1 Å². The van der Waals surface area contributed by atoms with E-state index in [2.05, 4.69) is 5.32 Å². The van der Waals surface area contributed by atoms with Crippen LogP contribution in [0.5, 0.6) is 5.75 Å². The average Bonchev–Trinajstić information content (AvgIpc) is 3.51. The van der Waals surface area contributed by atoms with Gasteiger partial charge in [0.1, 0.15) is 18.0 Å². The summed E-state index contributed by atoms with van der Waals surface area (Å²) in [6, 6.07) is 14.8. The molecule has 0 radical (unpaired) electrons. The SMILES string of the molecule is COC(=O)c1ccc(C2C(=O)NC[C@@H](F)CCC(=O)N2Cc2c(OC)cc(C)c3c2ccn3S(=O)(=O)c2ccc(C)cc2)cc1. The van der Waals surface area contributed by atoms with Gasteiger partial charge in [-0.2, -0.15) is 0 Å². The van der Waals surface area contributed by atoms with Crippen LogP contribution in [-0.4, -0.2) is 62.0 Å². The van der Waals surface area contributed by atoms with Crippen LogP contribution in [0.3, 0.4) is 0 Å². The van der Waals surface area contributed by atoms with Gasteiger partial charge < -0.3 is 19.7 Å². The van der Waals surface area contributed by atoms with E-state index in [0.29, 0.717) is 33.3 Å². The number of carbonyl (C=O) groups is 3. The number of hydrogen-bond acceptors (Lipinski definition) is 7. The van der Waals surface area contributed by atoms with Crippen LogP contribution in [0.15, 0.2) is 71.8 Å². The molecule has 236 valence electrons.